The van der Waals surface area contributed by atoms with Crippen LogP contribution in [0.15, 0.2) is 18.2 Å². The second-order valence-electron chi connectivity index (χ2n) is 5.02. The second-order valence-corrected chi connectivity index (χ2v) is 5.43. The van der Waals surface area contributed by atoms with Gasteiger partial charge < -0.3 is 14.9 Å². The highest BCUT2D eigenvalue weighted by atomic mass is 35.5. The van der Waals surface area contributed by atoms with Gasteiger partial charge in [0.15, 0.2) is 0 Å². The molecule has 0 bridgehead atoms. The molecule has 0 atom stereocenters. The molecule has 0 heterocycles. The lowest BCUT2D eigenvalue weighted by Gasteiger charge is -2.31. The maximum Gasteiger partial charge on any atom is 0.335 e. The van der Waals surface area contributed by atoms with E-state index in [0.29, 0.717) is 5.75 Å². The molecule has 5 heteroatoms. The van der Waals surface area contributed by atoms with E-state index in [-0.39, 0.29) is 17.2 Å². The van der Waals surface area contributed by atoms with Gasteiger partial charge in [-0.05, 0) is 31.0 Å². The standard InChI is InChI=1S/C14H17ClO4/c15-11-8-10(13(16)17)4-5-12(11)19-9-14(18)6-2-1-3-7-14/h4-5,8,18H,1-3,6-7,9H2,(H,16,17). The number of benzene rings is 1. The molecule has 1 saturated carbocycles. The van der Waals surface area contributed by atoms with E-state index in [1.165, 1.54) is 18.2 Å². The van der Waals surface area contributed by atoms with Gasteiger partial charge >= 0.3 is 5.97 Å². The van der Waals surface area contributed by atoms with Crippen LogP contribution in [0.2, 0.25) is 5.02 Å². The molecule has 104 valence electrons. The zero-order valence-corrected chi connectivity index (χ0v) is 11.3. The largest absolute Gasteiger partial charge is 0.489 e. The smallest absolute Gasteiger partial charge is 0.335 e. The third-order valence-corrected chi connectivity index (χ3v) is 3.75. The molecular weight excluding hydrogens is 268 g/mol. The van der Waals surface area contributed by atoms with Gasteiger partial charge in [0.25, 0.3) is 0 Å². The summed E-state index contributed by atoms with van der Waals surface area (Å²) < 4.78 is 5.54. The van der Waals surface area contributed by atoms with Crippen molar-refractivity contribution in [2.45, 2.75) is 37.7 Å². The van der Waals surface area contributed by atoms with Gasteiger partial charge in [0, 0.05) is 0 Å². The van der Waals surface area contributed by atoms with Crippen molar-refractivity contribution in [3.63, 3.8) is 0 Å². The molecule has 2 rings (SSSR count). The maximum atomic E-state index is 10.8. The van der Waals surface area contributed by atoms with E-state index in [2.05, 4.69) is 0 Å². The molecule has 1 aliphatic carbocycles. The van der Waals surface area contributed by atoms with Crippen LogP contribution in [0.3, 0.4) is 0 Å². The van der Waals surface area contributed by atoms with Crippen LogP contribution in [0, 0.1) is 0 Å². The van der Waals surface area contributed by atoms with E-state index >= 15 is 0 Å². The van der Waals surface area contributed by atoms with Crippen LogP contribution >= 0.6 is 11.6 Å². The van der Waals surface area contributed by atoms with E-state index in [4.69, 9.17) is 21.4 Å². The number of hydrogen-bond donors (Lipinski definition) is 2. The molecule has 2 N–H and O–H groups in total. The Balaban J connectivity index is 2.01. The van der Waals surface area contributed by atoms with Crippen molar-refractivity contribution in [1.82, 2.24) is 0 Å². The lowest BCUT2D eigenvalue weighted by atomic mass is 9.85. The lowest BCUT2D eigenvalue weighted by molar-refractivity contribution is -0.0338. The number of carboxylic acid groups (broad SMARTS) is 1. The number of rotatable bonds is 4. The molecule has 0 aliphatic heterocycles. The van der Waals surface area contributed by atoms with Crippen molar-refractivity contribution >= 4 is 17.6 Å². The second kappa shape index (κ2) is 5.80. The monoisotopic (exact) mass is 284 g/mol. The fraction of sp³-hybridized carbons (Fsp3) is 0.500. The Bertz CT molecular complexity index is 467. The van der Waals surface area contributed by atoms with Crippen LogP contribution < -0.4 is 4.74 Å². The summed E-state index contributed by atoms with van der Waals surface area (Å²) in [7, 11) is 0. The van der Waals surface area contributed by atoms with Crippen molar-refractivity contribution < 1.29 is 19.7 Å². The maximum absolute atomic E-state index is 10.8. The van der Waals surface area contributed by atoms with Crippen LogP contribution in [0.1, 0.15) is 42.5 Å². The van der Waals surface area contributed by atoms with Gasteiger partial charge in [-0.25, -0.2) is 4.79 Å². The number of carbonyl (C=O) groups is 1. The third kappa shape index (κ3) is 3.61. The quantitative estimate of drug-likeness (QED) is 0.891. The van der Waals surface area contributed by atoms with Crippen molar-refractivity contribution in [3.8, 4) is 5.75 Å². The summed E-state index contributed by atoms with van der Waals surface area (Å²) in [5.41, 5.74) is -0.665. The molecule has 0 radical (unpaired) electrons. The fourth-order valence-corrected chi connectivity index (χ4v) is 2.55. The molecule has 19 heavy (non-hydrogen) atoms. The minimum Gasteiger partial charge on any atom is -0.489 e. The Labute approximate surface area is 117 Å². The van der Waals surface area contributed by atoms with Gasteiger partial charge in [0.1, 0.15) is 12.4 Å². The molecule has 0 saturated heterocycles. The molecule has 0 unspecified atom stereocenters. The van der Waals surface area contributed by atoms with Crippen molar-refractivity contribution in [3.05, 3.63) is 28.8 Å². The molecular formula is C14H17ClO4. The van der Waals surface area contributed by atoms with Gasteiger partial charge in [0.2, 0.25) is 0 Å². The average Bonchev–Trinajstić information content (AvgIpc) is 2.38. The Kier molecular flexibility index (Phi) is 4.32. The van der Waals surface area contributed by atoms with Crippen LogP contribution in [0.4, 0.5) is 0 Å². The summed E-state index contributed by atoms with van der Waals surface area (Å²) in [5, 5.41) is 19.4. The Morgan fingerprint density at radius 2 is 2.00 bits per heavy atom. The molecule has 0 amide bonds. The topological polar surface area (TPSA) is 66.8 Å². The predicted octanol–water partition coefficient (Wildman–Crippen LogP) is 3.11. The summed E-state index contributed by atoms with van der Waals surface area (Å²) in [5.74, 6) is -0.620. The van der Waals surface area contributed by atoms with E-state index in [0.717, 1.165) is 32.1 Å². The number of carboxylic acids is 1. The zero-order chi connectivity index (χ0) is 13.9. The van der Waals surface area contributed by atoms with E-state index in [1.807, 2.05) is 0 Å². The molecule has 1 fully saturated rings. The van der Waals surface area contributed by atoms with Gasteiger partial charge in [-0.2, -0.15) is 0 Å². The van der Waals surface area contributed by atoms with Gasteiger partial charge in [0.05, 0.1) is 16.2 Å². The number of halogens is 1. The summed E-state index contributed by atoms with van der Waals surface area (Å²) in [6, 6.07) is 4.32. The van der Waals surface area contributed by atoms with Crippen molar-refractivity contribution in [2.75, 3.05) is 6.61 Å². The third-order valence-electron chi connectivity index (χ3n) is 3.46. The molecule has 0 aromatic heterocycles. The highest BCUT2D eigenvalue weighted by Gasteiger charge is 2.30. The lowest BCUT2D eigenvalue weighted by Crippen LogP contribution is -2.37. The van der Waals surface area contributed by atoms with Gasteiger partial charge in [-0.1, -0.05) is 30.9 Å². The number of ether oxygens (including phenoxy) is 1. The number of aliphatic hydroxyl groups is 1. The highest BCUT2D eigenvalue weighted by Crippen LogP contribution is 2.31. The minimum atomic E-state index is -1.03. The normalized spacial score (nSPS) is 18.0. The predicted molar refractivity (Wildman–Crippen MR) is 71.9 cm³/mol. The first-order valence-corrected chi connectivity index (χ1v) is 6.76. The molecule has 1 aromatic rings. The van der Waals surface area contributed by atoms with Crippen LogP contribution in [-0.2, 0) is 0 Å². The number of aromatic carboxylic acids is 1. The average molecular weight is 285 g/mol. The Hall–Kier alpha value is -1.26. The highest BCUT2D eigenvalue weighted by molar-refractivity contribution is 6.32. The Morgan fingerprint density at radius 1 is 1.32 bits per heavy atom. The first-order chi connectivity index (χ1) is 9.00. The first kappa shape index (κ1) is 14.2. The summed E-state index contributed by atoms with van der Waals surface area (Å²) >= 11 is 5.97. The van der Waals surface area contributed by atoms with Gasteiger partial charge in [-0.15, -0.1) is 0 Å². The van der Waals surface area contributed by atoms with E-state index < -0.39 is 11.6 Å². The van der Waals surface area contributed by atoms with Crippen LogP contribution in [0.5, 0.6) is 5.75 Å². The molecule has 4 nitrogen and oxygen atoms in total. The number of hydrogen-bond acceptors (Lipinski definition) is 3. The zero-order valence-electron chi connectivity index (χ0n) is 10.6. The van der Waals surface area contributed by atoms with Crippen molar-refractivity contribution in [2.24, 2.45) is 0 Å². The molecule has 0 spiro atoms. The van der Waals surface area contributed by atoms with Crippen LogP contribution in [0.25, 0.3) is 0 Å². The van der Waals surface area contributed by atoms with Crippen molar-refractivity contribution in [1.29, 1.82) is 0 Å². The summed E-state index contributed by atoms with van der Waals surface area (Å²) in [6.45, 7) is 0.194. The first-order valence-electron chi connectivity index (χ1n) is 6.38. The van der Waals surface area contributed by atoms with E-state index in [9.17, 15) is 9.90 Å². The molecule has 1 aliphatic rings. The summed E-state index contributed by atoms with van der Waals surface area (Å²) in [4.78, 5) is 10.8. The SMILES string of the molecule is O=C(O)c1ccc(OCC2(O)CCCCC2)c(Cl)c1. The molecule has 1 aromatic carbocycles. The Morgan fingerprint density at radius 3 is 2.58 bits per heavy atom. The minimum absolute atomic E-state index is 0.119. The fourth-order valence-electron chi connectivity index (χ4n) is 2.32. The van der Waals surface area contributed by atoms with Gasteiger partial charge in [-0.3, -0.25) is 0 Å². The van der Waals surface area contributed by atoms with E-state index in [1.54, 1.807) is 0 Å². The van der Waals surface area contributed by atoms with Crippen LogP contribution in [-0.4, -0.2) is 28.4 Å². The summed E-state index contributed by atoms with van der Waals surface area (Å²) in [6.07, 6.45) is 4.63.